The third-order valence-corrected chi connectivity index (χ3v) is 3.31. The first-order valence-corrected chi connectivity index (χ1v) is 7.54. The van der Waals surface area contributed by atoms with Gasteiger partial charge in [-0.3, -0.25) is 0 Å². The van der Waals surface area contributed by atoms with Crippen LogP contribution in [0.15, 0.2) is 12.2 Å². The van der Waals surface area contributed by atoms with Crippen molar-refractivity contribution in [2.45, 2.75) is 77.6 Å². The fourth-order valence-electron chi connectivity index (χ4n) is 2.05. The molecule has 0 aliphatic carbocycles. The summed E-state index contributed by atoms with van der Waals surface area (Å²) in [6.07, 6.45) is 18.8. The first-order valence-electron chi connectivity index (χ1n) is 7.54. The highest BCUT2D eigenvalue weighted by Crippen LogP contribution is 2.16. The fraction of sp³-hybridized carbons (Fsp3) is 0.765. The van der Waals surface area contributed by atoms with Gasteiger partial charge in [-0.05, 0) is 31.6 Å². The van der Waals surface area contributed by atoms with Gasteiger partial charge in [-0.25, -0.2) is 0 Å². The molecule has 0 amide bonds. The molecule has 0 saturated heterocycles. The van der Waals surface area contributed by atoms with Crippen LogP contribution in [0.25, 0.3) is 0 Å². The van der Waals surface area contributed by atoms with E-state index in [-0.39, 0.29) is 0 Å². The molecule has 0 aromatic rings. The summed E-state index contributed by atoms with van der Waals surface area (Å²) >= 11 is 0. The summed E-state index contributed by atoms with van der Waals surface area (Å²) in [4.78, 5) is 0. The number of unbranched alkanes of at least 4 members (excludes halogenated alkanes) is 6. The minimum absolute atomic E-state index is 0.896. The molecular weight excluding hydrogens is 204 g/mol. The van der Waals surface area contributed by atoms with Gasteiger partial charge >= 0.3 is 0 Å². The summed E-state index contributed by atoms with van der Waals surface area (Å²) in [7, 11) is 0. The summed E-state index contributed by atoms with van der Waals surface area (Å²) in [5, 5.41) is 0. The van der Waals surface area contributed by atoms with Gasteiger partial charge in [0.15, 0.2) is 0 Å². The number of hydrogen-bond donors (Lipinski definition) is 0. The quantitative estimate of drug-likeness (QED) is 0.282. The third-order valence-electron chi connectivity index (χ3n) is 3.31. The lowest BCUT2D eigenvalue weighted by Gasteiger charge is -2.09. The Morgan fingerprint density at radius 3 is 2.12 bits per heavy atom. The molecule has 0 fully saturated rings. The van der Waals surface area contributed by atoms with Gasteiger partial charge in [0.25, 0.3) is 0 Å². The van der Waals surface area contributed by atoms with Crippen molar-refractivity contribution in [2.75, 3.05) is 0 Å². The van der Waals surface area contributed by atoms with Crippen LogP contribution in [0, 0.1) is 19.8 Å². The Hall–Kier alpha value is -0.260. The molecule has 1 atom stereocenters. The Morgan fingerprint density at radius 1 is 0.765 bits per heavy atom. The van der Waals surface area contributed by atoms with Crippen molar-refractivity contribution in [3.63, 3.8) is 0 Å². The van der Waals surface area contributed by atoms with E-state index in [1.807, 2.05) is 0 Å². The molecule has 0 saturated carbocycles. The highest BCUT2D eigenvalue weighted by Gasteiger charge is 2.00. The van der Waals surface area contributed by atoms with Crippen molar-refractivity contribution in [3.8, 4) is 0 Å². The molecule has 1 unspecified atom stereocenters. The fourth-order valence-corrected chi connectivity index (χ4v) is 2.05. The van der Waals surface area contributed by atoms with Crippen LogP contribution in [-0.4, -0.2) is 0 Å². The van der Waals surface area contributed by atoms with Gasteiger partial charge in [0.2, 0.25) is 0 Å². The molecule has 0 spiro atoms. The molecule has 0 heterocycles. The van der Waals surface area contributed by atoms with E-state index in [0.29, 0.717) is 0 Å². The Balaban J connectivity index is 3.22. The highest BCUT2D eigenvalue weighted by molar-refractivity contribution is 4.82. The SMILES string of the molecule is [CH2]CCC/C=C/CCC(C)CCCCCC[CH2]. The van der Waals surface area contributed by atoms with Gasteiger partial charge in [-0.2, -0.15) is 0 Å². The van der Waals surface area contributed by atoms with Gasteiger partial charge in [0.1, 0.15) is 0 Å². The van der Waals surface area contributed by atoms with Crippen molar-refractivity contribution < 1.29 is 0 Å². The lowest BCUT2D eigenvalue weighted by molar-refractivity contribution is 0.461. The number of rotatable bonds is 12. The predicted molar refractivity (Wildman–Crippen MR) is 79.8 cm³/mol. The summed E-state index contributed by atoms with van der Waals surface area (Å²) in [5.41, 5.74) is 0. The lowest BCUT2D eigenvalue weighted by atomic mass is 9.97. The second-order valence-corrected chi connectivity index (χ2v) is 5.21. The van der Waals surface area contributed by atoms with Crippen LogP contribution < -0.4 is 0 Å². The maximum absolute atomic E-state index is 3.88. The van der Waals surface area contributed by atoms with Crippen molar-refractivity contribution in [2.24, 2.45) is 5.92 Å². The Kier molecular flexibility index (Phi) is 13.6. The first-order chi connectivity index (χ1) is 8.31. The summed E-state index contributed by atoms with van der Waals surface area (Å²) in [6, 6.07) is 0. The van der Waals surface area contributed by atoms with E-state index in [1.54, 1.807) is 0 Å². The Bertz CT molecular complexity index is 157. The van der Waals surface area contributed by atoms with Crippen LogP contribution >= 0.6 is 0 Å². The molecule has 17 heavy (non-hydrogen) atoms. The average molecular weight is 236 g/mol. The Morgan fingerprint density at radius 2 is 1.41 bits per heavy atom. The molecule has 0 N–H and O–H groups in total. The third kappa shape index (κ3) is 13.7. The smallest absolute Gasteiger partial charge is 0.0348 e. The monoisotopic (exact) mass is 236 g/mol. The van der Waals surface area contributed by atoms with Crippen LogP contribution in [0.5, 0.6) is 0 Å². The lowest BCUT2D eigenvalue weighted by Crippen LogP contribution is -1.93. The van der Waals surface area contributed by atoms with Gasteiger partial charge in [0, 0.05) is 0 Å². The second-order valence-electron chi connectivity index (χ2n) is 5.21. The summed E-state index contributed by atoms with van der Waals surface area (Å²) in [6.45, 7) is 10.1. The van der Waals surface area contributed by atoms with Crippen LogP contribution in [0.4, 0.5) is 0 Å². The normalized spacial score (nSPS) is 13.4. The van der Waals surface area contributed by atoms with Crippen LogP contribution in [-0.2, 0) is 0 Å². The molecule has 0 rings (SSSR count). The summed E-state index contributed by atoms with van der Waals surface area (Å²) in [5.74, 6) is 0.896. The molecule has 0 bridgehead atoms. The van der Waals surface area contributed by atoms with Crippen molar-refractivity contribution in [3.05, 3.63) is 26.0 Å². The van der Waals surface area contributed by atoms with Gasteiger partial charge in [-0.15, -0.1) is 0 Å². The minimum Gasteiger partial charge on any atom is -0.0885 e. The number of hydrogen-bond acceptors (Lipinski definition) is 0. The van der Waals surface area contributed by atoms with Crippen molar-refractivity contribution in [1.29, 1.82) is 0 Å². The summed E-state index contributed by atoms with van der Waals surface area (Å²) < 4.78 is 0. The Labute approximate surface area is 110 Å². The molecule has 0 aliphatic heterocycles. The second kappa shape index (κ2) is 13.8. The first kappa shape index (κ1) is 16.7. The molecular formula is C17H32. The largest absolute Gasteiger partial charge is 0.0885 e. The maximum atomic E-state index is 3.88. The van der Waals surface area contributed by atoms with E-state index < -0.39 is 0 Å². The maximum Gasteiger partial charge on any atom is -0.0348 e. The van der Waals surface area contributed by atoms with E-state index >= 15 is 0 Å². The van der Waals surface area contributed by atoms with E-state index in [2.05, 4.69) is 32.9 Å². The molecule has 0 aromatic heterocycles. The zero-order valence-corrected chi connectivity index (χ0v) is 11.9. The van der Waals surface area contributed by atoms with Crippen LogP contribution in [0.1, 0.15) is 77.6 Å². The molecule has 100 valence electrons. The zero-order valence-electron chi connectivity index (χ0n) is 11.9. The van der Waals surface area contributed by atoms with Gasteiger partial charge in [-0.1, -0.05) is 77.9 Å². The molecule has 0 aromatic carbocycles. The van der Waals surface area contributed by atoms with E-state index in [4.69, 9.17) is 0 Å². The highest BCUT2D eigenvalue weighted by atomic mass is 14.1. The topological polar surface area (TPSA) is 0 Å². The van der Waals surface area contributed by atoms with E-state index in [9.17, 15) is 0 Å². The standard InChI is InChI=1S/C17H32/c1-4-6-8-10-12-14-16-17(3)15-13-11-9-7-5-2/h10,12,17H,1-2,4-9,11,13-16H2,3H3/b12-10+. The van der Waals surface area contributed by atoms with Gasteiger partial charge in [0.05, 0.1) is 0 Å². The minimum atomic E-state index is 0.896. The predicted octanol–water partition coefficient (Wildman–Crippen LogP) is 6.14. The van der Waals surface area contributed by atoms with Crippen molar-refractivity contribution in [1.82, 2.24) is 0 Å². The van der Waals surface area contributed by atoms with Crippen LogP contribution in [0.3, 0.4) is 0 Å². The number of allylic oxidation sites excluding steroid dienone is 2. The molecule has 0 nitrogen and oxygen atoms in total. The van der Waals surface area contributed by atoms with E-state index in [0.717, 1.165) is 18.8 Å². The average Bonchev–Trinajstić information content (AvgIpc) is 2.33. The molecule has 0 aliphatic rings. The van der Waals surface area contributed by atoms with Crippen LogP contribution in [0.2, 0.25) is 0 Å². The molecule has 0 heteroatoms. The zero-order chi connectivity index (χ0) is 12.8. The van der Waals surface area contributed by atoms with E-state index in [1.165, 1.54) is 57.8 Å². The van der Waals surface area contributed by atoms with Gasteiger partial charge < -0.3 is 0 Å². The van der Waals surface area contributed by atoms with Crippen molar-refractivity contribution >= 4 is 0 Å². The molecule has 2 radical (unpaired) electrons.